The highest BCUT2D eigenvalue weighted by Crippen LogP contribution is 2.24. The molecule has 0 radical (unpaired) electrons. The molecule has 0 spiro atoms. The van der Waals surface area contributed by atoms with E-state index in [1.54, 1.807) is 0 Å². The molecule has 0 aromatic heterocycles. The van der Waals surface area contributed by atoms with Crippen molar-refractivity contribution < 1.29 is 0 Å². The first-order valence-corrected chi connectivity index (χ1v) is 7.68. The minimum Gasteiger partial charge on any atom is -0.310 e. The van der Waals surface area contributed by atoms with Gasteiger partial charge in [0.25, 0.3) is 0 Å². The van der Waals surface area contributed by atoms with Crippen LogP contribution in [0.25, 0.3) is 10.8 Å². The standard InChI is InChI=1S/C19H25N/c1-3-5-6-11-19(20-14-4-2)18-13-12-16-9-7-8-10-17(16)15-18/h3,7-10,12-13,15,19-20H,1,4-6,11,14H2,2H3. The maximum absolute atomic E-state index is 3.81. The molecule has 1 unspecified atom stereocenters. The molecule has 0 aliphatic carbocycles. The molecule has 2 rings (SSSR count). The predicted molar refractivity (Wildman–Crippen MR) is 89.0 cm³/mol. The smallest absolute Gasteiger partial charge is 0.0320 e. The van der Waals surface area contributed by atoms with E-state index in [9.17, 15) is 0 Å². The third-order valence-electron chi connectivity index (χ3n) is 3.72. The average molecular weight is 267 g/mol. The van der Waals surface area contributed by atoms with E-state index in [0.29, 0.717) is 6.04 Å². The number of allylic oxidation sites excluding steroid dienone is 1. The molecule has 0 fully saturated rings. The van der Waals surface area contributed by atoms with E-state index >= 15 is 0 Å². The number of unbranched alkanes of at least 4 members (excludes halogenated alkanes) is 1. The summed E-state index contributed by atoms with van der Waals surface area (Å²) in [6.07, 6.45) is 6.64. The molecule has 1 N–H and O–H groups in total. The van der Waals surface area contributed by atoms with E-state index in [1.807, 2.05) is 6.08 Å². The van der Waals surface area contributed by atoms with Gasteiger partial charge in [-0.3, -0.25) is 0 Å². The van der Waals surface area contributed by atoms with Gasteiger partial charge in [0, 0.05) is 6.04 Å². The van der Waals surface area contributed by atoms with Crippen LogP contribution in [0, 0.1) is 0 Å². The van der Waals surface area contributed by atoms with Crippen LogP contribution in [0.1, 0.15) is 44.2 Å². The Hall–Kier alpha value is -1.60. The Morgan fingerprint density at radius 3 is 2.70 bits per heavy atom. The summed E-state index contributed by atoms with van der Waals surface area (Å²) in [7, 11) is 0. The molecule has 1 nitrogen and oxygen atoms in total. The first-order chi connectivity index (χ1) is 9.85. The van der Waals surface area contributed by atoms with Gasteiger partial charge in [-0.1, -0.05) is 49.4 Å². The first-order valence-electron chi connectivity index (χ1n) is 7.68. The van der Waals surface area contributed by atoms with Crippen molar-refractivity contribution in [1.29, 1.82) is 0 Å². The molecule has 0 aliphatic heterocycles. The van der Waals surface area contributed by atoms with Gasteiger partial charge in [-0.15, -0.1) is 6.58 Å². The third kappa shape index (κ3) is 3.94. The van der Waals surface area contributed by atoms with Crippen LogP contribution < -0.4 is 5.32 Å². The van der Waals surface area contributed by atoms with Crippen LogP contribution in [0.3, 0.4) is 0 Å². The summed E-state index contributed by atoms with van der Waals surface area (Å²) in [6, 6.07) is 15.9. The summed E-state index contributed by atoms with van der Waals surface area (Å²) in [6.45, 7) is 7.10. The largest absolute Gasteiger partial charge is 0.310 e. The Balaban J connectivity index is 2.17. The fourth-order valence-corrected chi connectivity index (χ4v) is 2.60. The second-order valence-electron chi connectivity index (χ2n) is 5.33. The lowest BCUT2D eigenvalue weighted by Crippen LogP contribution is -2.22. The van der Waals surface area contributed by atoms with E-state index in [2.05, 4.69) is 61.3 Å². The Kier molecular flexibility index (Phi) is 5.82. The molecule has 20 heavy (non-hydrogen) atoms. The molecular formula is C19H25N. The van der Waals surface area contributed by atoms with Crippen molar-refractivity contribution in [2.24, 2.45) is 0 Å². The van der Waals surface area contributed by atoms with Crippen LogP contribution in [-0.2, 0) is 0 Å². The zero-order valence-corrected chi connectivity index (χ0v) is 12.4. The molecule has 2 aromatic rings. The Morgan fingerprint density at radius 2 is 1.95 bits per heavy atom. The van der Waals surface area contributed by atoms with Gasteiger partial charge in [-0.05, 0) is 54.6 Å². The summed E-state index contributed by atoms with van der Waals surface area (Å²) in [5, 5.41) is 6.32. The van der Waals surface area contributed by atoms with Crippen molar-refractivity contribution in [3.05, 3.63) is 60.7 Å². The maximum atomic E-state index is 3.81. The first kappa shape index (κ1) is 14.8. The molecule has 0 saturated carbocycles. The fourth-order valence-electron chi connectivity index (χ4n) is 2.60. The van der Waals surface area contributed by atoms with Gasteiger partial charge in [0.1, 0.15) is 0 Å². The Bertz CT molecular complexity index is 544. The molecule has 1 heteroatoms. The number of hydrogen-bond acceptors (Lipinski definition) is 1. The van der Waals surface area contributed by atoms with Crippen LogP contribution in [0.2, 0.25) is 0 Å². The number of fused-ring (bicyclic) bond motifs is 1. The topological polar surface area (TPSA) is 12.0 Å². The molecule has 2 aromatic carbocycles. The second-order valence-corrected chi connectivity index (χ2v) is 5.33. The highest BCUT2D eigenvalue weighted by molar-refractivity contribution is 5.83. The van der Waals surface area contributed by atoms with Crippen molar-refractivity contribution in [2.45, 2.75) is 38.6 Å². The quantitative estimate of drug-likeness (QED) is 0.509. The van der Waals surface area contributed by atoms with Crippen LogP contribution in [0.4, 0.5) is 0 Å². The number of rotatable bonds is 8. The molecule has 0 bridgehead atoms. The zero-order chi connectivity index (χ0) is 14.2. The molecule has 0 saturated heterocycles. The average Bonchev–Trinajstić information content (AvgIpc) is 2.50. The second kappa shape index (κ2) is 7.86. The molecular weight excluding hydrogens is 242 g/mol. The predicted octanol–water partition coefficient (Wildman–Crippen LogP) is 5.24. The highest BCUT2D eigenvalue weighted by atomic mass is 14.9. The van der Waals surface area contributed by atoms with E-state index < -0.39 is 0 Å². The van der Waals surface area contributed by atoms with E-state index in [4.69, 9.17) is 0 Å². The Labute approximate surface area is 122 Å². The Morgan fingerprint density at radius 1 is 1.15 bits per heavy atom. The minimum atomic E-state index is 0.458. The lowest BCUT2D eigenvalue weighted by Gasteiger charge is -2.19. The van der Waals surface area contributed by atoms with Crippen molar-refractivity contribution in [1.82, 2.24) is 5.32 Å². The van der Waals surface area contributed by atoms with Gasteiger partial charge >= 0.3 is 0 Å². The number of benzene rings is 2. The highest BCUT2D eigenvalue weighted by Gasteiger charge is 2.10. The van der Waals surface area contributed by atoms with Crippen molar-refractivity contribution in [2.75, 3.05) is 6.54 Å². The minimum absolute atomic E-state index is 0.458. The normalized spacial score (nSPS) is 12.4. The molecule has 0 aliphatic rings. The monoisotopic (exact) mass is 267 g/mol. The fraction of sp³-hybridized carbons (Fsp3) is 0.368. The van der Waals surface area contributed by atoms with Crippen molar-refractivity contribution in [3.8, 4) is 0 Å². The van der Waals surface area contributed by atoms with Gasteiger partial charge in [-0.2, -0.15) is 0 Å². The lowest BCUT2D eigenvalue weighted by atomic mass is 9.98. The third-order valence-corrected chi connectivity index (χ3v) is 3.72. The van der Waals surface area contributed by atoms with Crippen LogP contribution in [-0.4, -0.2) is 6.54 Å². The molecule has 0 heterocycles. The lowest BCUT2D eigenvalue weighted by molar-refractivity contribution is 0.486. The molecule has 0 amide bonds. The van der Waals surface area contributed by atoms with Crippen molar-refractivity contribution >= 4 is 10.8 Å². The van der Waals surface area contributed by atoms with Crippen LogP contribution >= 0.6 is 0 Å². The van der Waals surface area contributed by atoms with Crippen LogP contribution in [0.5, 0.6) is 0 Å². The van der Waals surface area contributed by atoms with Gasteiger partial charge < -0.3 is 5.32 Å². The SMILES string of the molecule is C=CCCCC(NCCC)c1ccc2ccccc2c1. The van der Waals surface area contributed by atoms with Crippen LogP contribution in [0.15, 0.2) is 55.1 Å². The van der Waals surface area contributed by atoms with Crippen molar-refractivity contribution in [3.63, 3.8) is 0 Å². The van der Waals surface area contributed by atoms with Gasteiger partial charge in [-0.25, -0.2) is 0 Å². The molecule has 1 atom stereocenters. The summed E-state index contributed by atoms with van der Waals surface area (Å²) in [4.78, 5) is 0. The van der Waals surface area contributed by atoms with Gasteiger partial charge in [0.15, 0.2) is 0 Å². The summed E-state index contributed by atoms with van der Waals surface area (Å²) in [5.41, 5.74) is 1.40. The summed E-state index contributed by atoms with van der Waals surface area (Å²) < 4.78 is 0. The van der Waals surface area contributed by atoms with E-state index in [0.717, 1.165) is 13.0 Å². The number of hydrogen-bond donors (Lipinski definition) is 1. The van der Waals surface area contributed by atoms with Gasteiger partial charge in [0.05, 0.1) is 0 Å². The van der Waals surface area contributed by atoms with E-state index in [-0.39, 0.29) is 0 Å². The van der Waals surface area contributed by atoms with E-state index in [1.165, 1.54) is 35.6 Å². The van der Waals surface area contributed by atoms with Gasteiger partial charge in [0.2, 0.25) is 0 Å². The summed E-state index contributed by atoms with van der Waals surface area (Å²) in [5.74, 6) is 0. The maximum Gasteiger partial charge on any atom is 0.0320 e. The number of nitrogens with one attached hydrogen (secondary N) is 1. The molecule has 106 valence electrons. The summed E-state index contributed by atoms with van der Waals surface area (Å²) >= 11 is 0. The zero-order valence-electron chi connectivity index (χ0n) is 12.4.